The summed E-state index contributed by atoms with van der Waals surface area (Å²) in [5.74, 6) is -0.889. The zero-order chi connectivity index (χ0) is 16.9. The van der Waals surface area contributed by atoms with Crippen LogP contribution in [0.1, 0.15) is 15.9 Å². The fourth-order valence-electron chi connectivity index (χ4n) is 2.35. The van der Waals surface area contributed by atoms with Crippen LogP contribution in [-0.2, 0) is 4.79 Å². The standard InChI is InChI=1S/C18H15N3O3/c22-17(21-24)8-6-12-3-1-2-4-16(12)20-18(23)14-5-7-15-13(11-14)9-10-19-15/h1-11,19,24H,(H,20,23)(H,21,22). The van der Waals surface area contributed by atoms with Crippen LogP contribution in [0.2, 0.25) is 0 Å². The molecule has 3 rings (SSSR count). The van der Waals surface area contributed by atoms with Gasteiger partial charge in [-0.05, 0) is 42.0 Å². The van der Waals surface area contributed by atoms with Crippen LogP contribution < -0.4 is 10.8 Å². The molecule has 120 valence electrons. The molecule has 0 aliphatic heterocycles. The maximum absolute atomic E-state index is 12.5. The highest BCUT2D eigenvalue weighted by Crippen LogP contribution is 2.19. The lowest BCUT2D eigenvalue weighted by Gasteiger charge is -2.08. The van der Waals surface area contributed by atoms with Crippen molar-refractivity contribution in [3.05, 3.63) is 71.9 Å². The van der Waals surface area contributed by atoms with Crippen LogP contribution in [0.15, 0.2) is 60.8 Å². The molecule has 0 bridgehead atoms. The van der Waals surface area contributed by atoms with Gasteiger partial charge in [0.25, 0.3) is 11.8 Å². The Morgan fingerprint density at radius 2 is 1.92 bits per heavy atom. The van der Waals surface area contributed by atoms with E-state index in [2.05, 4.69) is 10.3 Å². The van der Waals surface area contributed by atoms with Gasteiger partial charge in [-0.25, -0.2) is 5.48 Å². The topological polar surface area (TPSA) is 94.2 Å². The van der Waals surface area contributed by atoms with Gasteiger partial charge in [-0.3, -0.25) is 14.8 Å². The van der Waals surface area contributed by atoms with Gasteiger partial charge in [-0.2, -0.15) is 0 Å². The molecule has 0 aliphatic rings. The van der Waals surface area contributed by atoms with E-state index >= 15 is 0 Å². The maximum Gasteiger partial charge on any atom is 0.267 e. The van der Waals surface area contributed by atoms with Gasteiger partial charge in [-0.1, -0.05) is 18.2 Å². The smallest absolute Gasteiger partial charge is 0.267 e. The summed E-state index contributed by atoms with van der Waals surface area (Å²) in [5, 5.41) is 12.3. The molecule has 0 saturated carbocycles. The Morgan fingerprint density at radius 3 is 2.75 bits per heavy atom. The molecular formula is C18H15N3O3. The van der Waals surface area contributed by atoms with Gasteiger partial charge >= 0.3 is 0 Å². The van der Waals surface area contributed by atoms with Crippen LogP contribution in [0.4, 0.5) is 5.69 Å². The van der Waals surface area contributed by atoms with Crippen molar-refractivity contribution < 1.29 is 14.8 Å². The zero-order valence-corrected chi connectivity index (χ0v) is 12.6. The van der Waals surface area contributed by atoms with Crippen molar-refractivity contribution in [2.45, 2.75) is 0 Å². The highest BCUT2D eigenvalue weighted by molar-refractivity contribution is 6.07. The first-order chi connectivity index (χ1) is 11.7. The third-order valence-electron chi connectivity index (χ3n) is 3.55. The van der Waals surface area contributed by atoms with Crippen molar-refractivity contribution in [2.75, 3.05) is 5.32 Å². The normalized spacial score (nSPS) is 10.9. The summed E-state index contributed by atoms with van der Waals surface area (Å²) in [6, 6.07) is 14.4. The average Bonchev–Trinajstić information content (AvgIpc) is 3.08. The number of carbonyl (C=O) groups is 2. The number of aromatic amines is 1. The minimum atomic E-state index is -0.644. The molecule has 24 heavy (non-hydrogen) atoms. The van der Waals surface area contributed by atoms with Crippen molar-refractivity contribution in [1.82, 2.24) is 10.5 Å². The number of rotatable bonds is 4. The predicted octanol–water partition coefficient (Wildman–Crippen LogP) is 2.94. The van der Waals surface area contributed by atoms with E-state index in [0.717, 1.165) is 10.9 Å². The lowest BCUT2D eigenvalue weighted by molar-refractivity contribution is -0.124. The molecule has 0 saturated heterocycles. The van der Waals surface area contributed by atoms with E-state index in [1.807, 2.05) is 18.3 Å². The van der Waals surface area contributed by atoms with Crippen molar-refractivity contribution in [3.63, 3.8) is 0 Å². The molecule has 3 aromatic rings. The Labute approximate surface area is 137 Å². The molecule has 0 spiro atoms. The number of anilines is 1. The molecule has 2 amide bonds. The van der Waals surface area contributed by atoms with Crippen LogP contribution in [0, 0.1) is 0 Å². The number of H-pyrrole nitrogens is 1. The van der Waals surface area contributed by atoms with Gasteiger partial charge in [0.2, 0.25) is 0 Å². The summed E-state index contributed by atoms with van der Waals surface area (Å²) in [4.78, 5) is 26.6. The Morgan fingerprint density at radius 1 is 1.08 bits per heavy atom. The van der Waals surface area contributed by atoms with Gasteiger partial charge in [0, 0.05) is 34.4 Å². The number of para-hydroxylation sites is 1. The molecule has 0 radical (unpaired) electrons. The number of hydrogen-bond acceptors (Lipinski definition) is 3. The quantitative estimate of drug-likeness (QED) is 0.338. The van der Waals surface area contributed by atoms with Crippen molar-refractivity contribution in [3.8, 4) is 0 Å². The number of benzene rings is 2. The summed E-state index contributed by atoms with van der Waals surface area (Å²) >= 11 is 0. The predicted molar refractivity (Wildman–Crippen MR) is 91.7 cm³/mol. The van der Waals surface area contributed by atoms with Crippen LogP contribution in [0.25, 0.3) is 17.0 Å². The van der Waals surface area contributed by atoms with E-state index in [-0.39, 0.29) is 5.91 Å². The van der Waals surface area contributed by atoms with E-state index in [1.165, 1.54) is 17.6 Å². The Kier molecular flexibility index (Phi) is 4.40. The Bertz CT molecular complexity index is 928. The number of amides is 2. The fourth-order valence-corrected chi connectivity index (χ4v) is 2.35. The second kappa shape index (κ2) is 6.80. The van der Waals surface area contributed by atoms with Crippen molar-refractivity contribution >= 4 is 34.5 Å². The number of hydrogen-bond donors (Lipinski definition) is 4. The van der Waals surface area contributed by atoms with Crippen molar-refractivity contribution in [2.24, 2.45) is 0 Å². The van der Waals surface area contributed by atoms with Crippen LogP contribution in [0.5, 0.6) is 0 Å². The number of carbonyl (C=O) groups excluding carboxylic acids is 2. The molecule has 0 atom stereocenters. The highest BCUT2D eigenvalue weighted by atomic mass is 16.5. The summed E-state index contributed by atoms with van der Waals surface area (Å²) < 4.78 is 0. The molecule has 0 aliphatic carbocycles. The molecule has 0 unspecified atom stereocenters. The van der Waals surface area contributed by atoms with Crippen LogP contribution in [0.3, 0.4) is 0 Å². The van der Waals surface area contributed by atoms with Crippen molar-refractivity contribution in [1.29, 1.82) is 0 Å². The largest absolute Gasteiger partial charge is 0.361 e. The molecule has 1 heterocycles. The lowest BCUT2D eigenvalue weighted by atomic mass is 10.1. The Balaban J connectivity index is 1.83. The first-order valence-electron chi connectivity index (χ1n) is 7.27. The lowest BCUT2D eigenvalue weighted by Crippen LogP contribution is -2.15. The molecule has 0 fully saturated rings. The Hall–Kier alpha value is -3.38. The molecule has 1 aromatic heterocycles. The van der Waals surface area contributed by atoms with Crippen LogP contribution in [-0.4, -0.2) is 22.0 Å². The maximum atomic E-state index is 12.5. The monoisotopic (exact) mass is 321 g/mol. The summed E-state index contributed by atoms with van der Waals surface area (Å²) in [7, 11) is 0. The van der Waals surface area contributed by atoms with E-state index in [1.54, 1.807) is 36.4 Å². The van der Waals surface area contributed by atoms with Crippen LogP contribution >= 0.6 is 0 Å². The van der Waals surface area contributed by atoms with E-state index in [0.29, 0.717) is 16.8 Å². The molecule has 6 nitrogen and oxygen atoms in total. The molecule has 6 heteroatoms. The summed E-state index contributed by atoms with van der Waals surface area (Å²) in [5.41, 5.74) is 4.24. The third-order valence-corrected chi connectivity index (χ3v) is 3.55. The average molecular weight is 321 g/mol. The second-order valence-electron chi connectivity index (χ2n) is 5.13. The number of fused-ring (bicyclic) bond motifs is 1. The number of hydroxylamine groups is 1. The summed E-state index contributed by atoms with van der Waals surface area (Å²) in [6.07, 6.45) is 4.51. The summed E-state index contributed by atoms with van der Waals surface area (Å²) in [6.45, 7) is 0. The van der Waals surface area contributed by atoms with Gasteiger partial charge in [0.15, 0.2) is 0 Å². The minimum absolute atomic E-state index is 0.245. The number of aromatic nitrogens is 1. The SMILES string of the molecule is O=C(C=Cc1ccccc1NC(=O)c1ccc2[nH]ccc2c1)NO. The first kappa shape index (κ1) is 15.5. The van der Waals surface area contributed by atoms with E-state index < -0.39 is 5.91 Å². The van der Waals surface area contributed by atoms with Gasteiger partial charge < -0.3 is 10.3 Å². The van der Waals surface area contributed by atoms with Gasteiger partial charge in [-0.15, -0.1) is 0 Å². The minimum Gasteiger partial charge on any atom is -0.361 e. The molecule has 2 aromatic carbocycles. The highest BCUT2D eigenvalue weighted by Gasteiger charge is 2.09. The van der Waals surface area contributed by atoms with E-state index in [9.17, 15) is 9.59 Å². The van der Waals surface area contributed by atoms with Gasteiger partial charge in [0.1, 0.15) is 0 Å². The first-order valence-corrected chi connectivity index (χ1v) is 7.27. The fraction of sp³-hybridized carbons (Fsp3) is 0. The number of nitrogens with one attached hydrogen (secondary N) is 3. The second-order valence-corrected chi connectivity index (χ2v) is 5.13. The third kappa shape index (κ3) is 3.34. The zero-order valence-electron chi connectivity index (χ0n) is 12.6. The van der Waals surface area contributed by atoms with Gasteiger partial charge in [0.05, 0.1) is 0 Å². The molecule has 4 N–H and O–H groups in total. The molecular weight excluding hydrogens is 306 g/mol. The van der Waals surface area contributed by atoms with E-state index in [4.69, 9.17) is 5.21 Å².